The highest BCUT2D eigenvalue weighted by atomic mass is 32.2. The Balaban J connectivity index is 1.61. The van der Waals surface area contributed by atoms with Crippen molar-refractivity contribution in [3.05, 3.63) is 47.8 Å². The van der Waals surface area contributed by atoms with Gasteiger partial charge in [-0.05, 0) is 29.8 Å². The van der Waals surface area contributed by atoms with Crippen molar-refractivity contribution in [3.8, 4) is 33.9 Å². The minimum Gasteiger partial charge on any atom is -0.496 e. The summed E-state index contributed by atoms with van der Waals surface area (Å²) in [5.41, 5.74) is -2.63. The largest absolute Gasteiger partial charge is 0.496 e. The van der Waals surface area contributed by atoms with Crippen LogP contribution in [0.2, 0.25) is 0 Å². The van der Waals surface area contributed by atoms with Gasteiger partial charge in [-0.15, -0.1) is 0 Å². The molecule has 11 nitrogen and oxygen atoms in total. The van der Waals surface area contributed by atoms with Crippen molar-refractivity contribution >= 4 is 26.6 Å². The fourth-order valence-corrected chi connectivity index (χ4v) is 5.78. The maximum atomic E-state index is 14.6. The number of carbonyl (C=O) groups is 1. The third-order valence-electron chi connectivity index (χ3n) is 7.47. The van der Waals surface area contributed by atoms with Gasteiger partial charge in [0.1, 0.15) is 26.9 Å². The quantitative estimate of drug-likeness (QED) is 0.235. The predicted molar refractivity (Wildman–Crippen MR) is 152 cm³/mol. The zero-order valence-electron chi connectivity index (χ0n) is 24.4. The Hall–Kier alpha value is -4.32. The van der Waals surface area contributed by atoms with Crippen LogP contribution in [0.4, 0.5) is 26.3 Å². The molecule has 0 atom stereocenters. The van der Waals surface area contributed by atoms with Crippen LogP contribution in [0.25, 0.3) is 33.3 Å². The summed E-state index contributed by atoms with van der Waals surface area (Å²) in [6.45, 7) is -4.94. The van der Waals surface area contributed by atoms with E-state index < -0.39 is 70.8 Å². The Morgan fingerprint density at radius 3 is 2.30 bits per heavy atom. The van der Waals surface area contributed by atoms with E-state index in [0.717, 1.165) is 24.3 Å². The smallest absolute Gasteiger partial charge is 0.387 e. The lowest BCUT2D eigenvalue weighted by molar-refractivity contribution is -0.166. The third-order valence-corrected chi connectivity index (χ3v) is 8.40. The molecule has 0 bridgehead atoms. The number of hydrogen-bond acceptors (Lipinski definition) is 8. The second kappa shape index (κ2) is 12.1. The number of β-amino-alcohol motifs (C(OH)–C–C–N with tert-alkyl or cyclic N) is 1. The molecule has 1 N–H and O–H groups in total. The number of amides is 1. The highest BCUT2D eigenvalue weighted by Gasteiger charge is 2.51. The number of ether oxygens (including phenoxy) is 2. The Morgan fingerprint density at radius 1 is 1.04 bits per heavy atom. The van der Waals surface area contributed by atoms with Crippen LogP contribution in [0, 0.1) is 0 Å². The summed E-state index contributed by atoms with van der Waals surface area (Å²) in [7, 11) is -0.735. The first-order valence-corrected chi connectivity index (χ1v) is 15.5. The molecule has 18 heteroatoms. The molecule has 2 aromatic carbocycles. The van der Waals surface area contributed by atoms with E-state index in [2.05, 4.69) is 14.9 Å². The Labute approximate surface area is 257 Å². The minimum atomic E-state index is -3.44. The van der Waals surface area contributed by atoms with Crippen molar-refractivity contribution in [1.29, 1.82) is 0 Å². The zero-order chi connectivity index (χ0) is 33.7. The maximum absolute atomic E-state index is 14.6. The SMILES string of the molecule is COc1cc(-c2c3c(C(F)F)cc(-c4cnn(CCS(C)(=O)=O)c4)cc3nn2C)cc(OC(F)F)c1C(=O)N1CC(O)(C(F)F)C1. The topological polar surface area (TPSA) is 129 Å². The average Bonchev–Trinajstić information content (AvgIpc) is 3.55. The van der Waals surface area contributed by atoms with E-state index in [1.165, 1.54) is 47.0 Å². The number of halogens is 6. The lowest BCUT2D eigenvalue weighted by Gasteiger charge is -2.45. The van der Waals surface area contributed by atoms with Gasteiger partial charge < -0.3 is 19.5 Å². The Bertz CT molecular complexity index is 1910. The second-order valence-corrected chi connectivity index (χ2v) is 13.1. The molecule has 1 aliphatic heterocycles. The molecule has 0 spiro atoms. The first-order chi connectivity index (χ1) is 21.5. The monoisotopic (exact) mass is 675 g/mol. The van der Waals surface area contributed by atoms with Crippen LogP contribution in [0.1, 0.15) is 22.3 Å². The zero-order valence-corrected chi connectivity index (χ0v) is 25.2. The van der Waals surface area contributed by atoms with Crippen molar-refractivity contribution in [2.75, 3.05) is 32.2 Å². The summed E-state index contributed by atoms with van der Waals surface area (Å²) in [5.74, 6) is -2.25. The number of sulfone groups is 1. The van der Waals surface area contributed by atoms with Gasteiger partial charge >= 0.3 is 6.61 Å². The molecule has 1 fully saturated rings. The Kier molecular flexibility index (Phi) is 8.71. The van der Waals surface area contributed by atoms with Crippen molar-refractivity contribution in [2.24, 2.45) is 7.05 Å². The van der Waals surface area contributed by atoms with Gasteiger partial charge in [-0.25, -0.2) is 26.0 Å². The van der Waals surface area contributed by atoms with Crippen LogP contribution < -0.4 is 9.47 Å². The van der Waals surface area contributed by atoms with E-state index in [4.69, 9.17) is 4.74 Å². The molecular formula is C28H27F6N5O6S. The van der Waals surface area contributed by atoms with Crippen LogP contribution in [0.3, 0.4) is 0 Å². The number of hydrogen-bond donors (Lipinski definition) is 1. The van der Waals surface area contributed by atoms with Gasteiger partial charge in [0.25, 0.3) is 18.8 Å². The van der Waals surface area contributed by atoms with Gasteiger partial charge in [-0.2, -0.15) is 19.0 Å². The first-order valence-electron chi connectivity index (χ1n) is 13.5. The van der Waals surface area contributed by atoms with E-state index in [-0.39, 0.29) is 40.2 Å². The number of aromatic nitrogens is 4. The molecule has 1 saturated heterocycles. The number of fused-ring (bicyclic) bond motifs is 1. The predicted octanol–water partition coefficient (Wildman–Crippen LogP) is 4.15. The van der Waals surface area contributed by atoms with Crippen LogP contribution in [-0.4, -0.2) is 94.7 Å². The molecule has 248 valence electrons. The molecule has 0 radical (unpaired) electrons. The number of benzene rings is 2. The standard InChI is InChI=1S/C28H27F6N5O6S/c1-37-23(15-8-19(44-2)22(20(9-15)45-27(33)34)25(40)38-12-28(41,13-38)26(31)32)21-17(24(29)30)6-14(7-18(21)36-37)16-10-35-39(11-16)4-5-46(3,42)43/h6-11,24,26-27,41H,4-5,12-13H2,1-3H3. The van der Waals surface area contributed by atoms with Crippen molar-refractivity contribution in [3.63, 3.8) is 0 Å². The molecule has 2 aromatic heterocycles. The normalized spacial score (nSPS) is 14.8. The lowest BCUT2D eigenvalue weighted by Crippen LogP contribution is -2.67. The molecule has 4 aromatic rings. The molecule has 0 unspecified atom stereocenters. The highest BCUT2D eigenvalue weighted by molar-refractivity contribution is 7.90. The van der Waals surface area contributed by atoms with E-state index in [1.807, 2.05) is 0 Å². The Morgan fingerprint density at radius 2 is 1.72 bits per heavy atom. The number of likely N-dealkylation sites (tertiary alicyclic amines) is 1. The number of carbonyl (C=O) groups excluding carboxylic acids is 1. The van der Waals surface area contributed by atoms with Crippen LogP contribution in [-0.2, 0) is 23.4 Å². The van der Waals surface area contributed by atoms with Crippen molar-refractivity contribution in [2.45, 2.75) is 31.6 Å². The average molecular weight is 676 g/mol. The van der Waals surface area contributed by atoms with E-state index >= 15 is 0 Å². The summed E-state index contributed by atoms with van der Waals surface area (Å²) in [4.78, 5) is 14.0. The molecule has 1 amide bonds. The minimum absolute atomic E-state index is 0.00462. The summed E-state index contributed by atoms with van der Waals surface area (Å²) in [6, 6.07) is 4.93. The summed E-state index contributed by atoms with van der Waals surface area (Å²) in [6.07, 6.45) is -2.23. The van der Waals surface area contributed by atoms with E-state index in [1.54, 1.807) is 0 Å². The van der Waals surface area contributed by atoms with E-state index in [9.17, 15) is 44.7 Å². The fourth-order valence-electron chi connectivity index (χ4n) is 5.26. The molecule has 1 aliphatic rings. The van der Waals surface area contributed by atoms with Gasteiger partial charge in [-0.3, -0.25) is 14.2 Å². The summed E-state index contributed by atoms with van der Waals surface area (Å²) in [5, 5.41) is 18.3. The molecule has 46 heavy (non-hydrogen) atoms. The second-order valence-electron chi connectivity index (χ2n) is 10.9. The number of aliphatic hydroxyl groups is 1. The number of nitrogens with zero attached hydrogens (tertiary/aromatic N) is 5. The van der Waals surface area contributed by atoms with E-state index in [0.29, 0.717) is 11.1 Å². The molecule has 3 heterocycles. The molecule has 5 rings (SSSR count). The van der Waals surface area contributed by atoms with Crippen molar-refractivity contribution < 1.29 is 54.1 Å². The summed E-state index contributed by atoms with van der Waals surface area (Å²) < 4.78 is 118. The van der Waals surface area contributed by atoms with Gasteiger partial charge in [0, 0.05) is 41.6 Å². The summed E-state index contributed by atoms with van der Waals surface area (Å²) >= 11 is 0. The molecular weight excluding hydrogens is 648 g/mol. The van der Waals surface area contributed by atoms with Crippen molar-refractivity contribution in [1.82, 2.24) is 24.5 Å². The number of alkyl halides is 6. The third kappa shape index (κ3) is 6.35. The van der Waals surface area contributed by atoms with Crippen LogP contribution in [0.15, 0.2) is 36.7 Å². The number of methoxy groups -OCH3 is 1. The highest BCUT2D eigenvalue weighted by Crippen LogP contribution is 2.43. The van der Waals surface area contributed by atoms with Gasteiger partial charge in [0.2, 0.25) is 0 Å². The van der Waals surface area contributed by atoms with Crippen LogP contribution >= 0.6 is 0 Å². The molecule has 0 saturated carbocycles. The molecule has 0 aliphatic carbocycles. The van der Waals surface area contributed by atoms with Crippen LogP contribution in [0.5, 0.6) is 11.5 Å². The maximum Gasteiger partial charge on any atom is 0.387 e. The van der Waals surface area contributed by atoms with Gasteiger partial charge in [-0.1, -0.05) is 0 Å². The lowest BCUT2D eigenvalue weighted by atomic mass is 9.93. The first kappa shape index (κ1) is 33.1. The van der Waals surface area contributed by atoms with Gasteiger partial charge in [0.05, 0.1) is 49.9 Å². The van der Waals surface area contributed by atoms with Gasteiger partial charge in [0.15, 0.2) is 5.60 Å². The number of aryl methyl sites for hydroxylation is 2. The fraction of sp³-hybridized carbons (Fsp3) is 0.393. The number of rotatable bonds is 11.